The maximum Gasteiger partial charge on any atom is 0.253 e. The van der Waals surface area contributed by atoms with E-state index in [1.54, 1.807) is 24.3 Å². The molecule has 1 saturated carbocycles. The Labute approximate surface area is 136 Å². The molecule has 0 aromatic heterocycles. The summed E-state index contributed by atoms with van der Waals surface area (Å²) in [7, 11) is 0. The van der Waals surface area contributed by atoms with E-state index in [1.807, 2.05) is 11.0 Å². The summed E-state index contributed by atoms with van der Waals surface area (Å²) >= 11 is 0. The van der Waals surface area contributed by atoms with Gasteiger partial charge in [-0.05, 0) is 30.2 Å². The highest BCUT2D eigenvalue weighted by Crippen LogP contribution is 2.40. The SMILES string of the molecule is C[C@@H]1C[C@H]1C(=O)N1CC[C@H](CNC(=O)C(O)c2ccccc2)C1. The number of carbonyl (C=O) groups is 2. The van der Waals surface area contributed by atoms with Gasteiger partial charge in [0.15, 0.2) is 6.10 Å². The van der Waals surface area contributed by atoms with Crippen LogP contribution in [0.1, 0.15) is 31.4 Å². The van der Waals surface area contributed by atoms with E-state index in [0.29, 0.717) is 24.6 Å². The van der Waals surface area contributed by atoms with Gasteiger partial charge in [-0.1, -0.05) is 37.3 Å². The van der Waals surface area contributed by atoms with Crippen LogP contribution in [0.2, 0.25) is 0 Å². The van der Waals surface area contributed by atoms with Crippen molar-refractivity contribution in [2.45, 2.75) is 25.9 Å². The van der Waals surface area contributed by atoms with Gasteiger partial charge in [0.25, 0.3) is 5.91 Å². The van der Waals surface area contributed by atoms with Crippen LogP contribution in [0, 0.1) is 17.8 Å². The van der Waals surface area contributed by atoms with Gasteiger partial charge in [-0.25, -0.2) is 0 Å². The minimum absolute atomic E-state index is 0.225. The van der Waals surface area contributed by atoms with Gasteiger partial charge in [-0.3, -0.25) is 9.59 Å². The van der Waals surface area contributed by atoms with Crippen molar-refractivity contribution in [1.29, 1.82) is 0 Å². The molecular weight excluding hydrogens is 292 g/mol. The first kappa shape index (κ1) is 16.0. The van der Waals surface area contributed by atoms with Crippen LogP contribution in [0.25, 0.3) is 0 Å². The molecule has 1 saturated heterocycles. The maximum absolute atomic E-state index is 12.2. The lowest BCUT2D eigenvalue weighted by molar-refractivity contribution is -0.131. The highest BCUT2D eigenvalue weighted by molar-refractivity contribution is 5.82. The van der Waals surface area contributed by atoms with Crippen LogP contribution in [0.3, 0.4) is 0 Å². The average molecular weight is 316 g/mol. The second-order valence-corrected chi connectivity index (χ2v) is 6.82. The van der Waals surface area contributed by atoms with Crippen LogP contribution in [0.15, 0.2) is 30.3 Å². The highest BCUT2D eigenvalue weighted by atomic mass is 16.3. The minimum atomic E-state index is -1.14. The topological polar surface area (TPSA) is 69.6 Å². The third-order valence-corrected chi connectivity index (χ3v) is 4.95. The molecule has 5 heteroatoms. The van der Waals surface area contributed by atoms with Crippen LogP contribution in [0.4, 0.5) is 0 Å². The van der Waals surface area contributed by atoms with Crippen LogP contribution < -0.4 is 5.32 Å². The van der Waals surface area contributed by atoms with Crippen LogP contribution in [-0.2, 0) is 9.59 Å². The van der Waals surface area contributed by atoms with Crippen molar-refractivity contribution < 1.29 is 14.7 Å². The Hall–Kier alpha value is -1.88. The van der Waals surface area contributed by atoms with E-state index in [2.05, 4.69) is 12.2 Å². The summed E-state index contributed by atoms with van der Waals surface area (Å²) in [5.41, 5.74) is 0.593. The van der Waals surface area contributed by atoms with Crippen molar-refractivity contribution in [3.8, 4) is 0 Å². The van der Waals surface area contributed by atoms with Crippen molar-refractivity contribution in [3.63, 3.8) is 0 Å². The maximum atomic E-state index is 12.2. The number of aliphatic hydroxyl groups is 1. The summed E-state index contributed by atoms with van der Waals surface area (Å²) < 4.78 is 0. The zero-order valence-electron chi connectivity index (χ0n) is 13.4. The van der Waals surface area contributed by atoms with E-state index in [-0.39, 0.29) is 23.7 Å². The Bertz CT molecular complexity index is 575. The van der Waals surface area contributed by atoms with Crippen LogP contribution >= 0.6 is 0 Å². The zero-order valence-corrected chi connectivity index (χ0v) is 13.4. The van der Waals surface area contributed by atoms with Gasteiger partial charge in [0.05, 0.1) is 0 Å². The fourth-order valence-electron chi connectivity index (χ4n) is 3.23. The molecule has 2 amide bonds. The Morgan fingerprint density at radius 2 is 2.04 bits per heavy atom. The van der Waals surface area contributed by atoms with E-state index in [1.165, 1.54) is 0 Å². The first-order chi connectivity index (χ1) is 11.1. The summed E-state index contributed by atoms with van der Waals surface area (Å²) in [5, 5.41) is 12.8. The molecule has 124 valence electrons. The Kier molecular flexibility index (Phi) is 4.66. The van der Waals surface area contributed by atoms with Crippen LogP contribution in [-0.4, -0.2) is 41.5 Å². The summed E-state index contributed by atoms with van der Waals surface area (Å²) in [6.07, 6.45) is 0.789. The molecule has 1 heterocycles. The number of nitrogens with zero attached hydrogens (tertiary/aromatic N) is 1. The number of hydrogen-bond acceptors (Lipinski definition) is 3. The van der Waals surface area contributed by atoms with Crippen molar-refractivity contribution in [2.24, 2.45) is 17.8 Å². The number of likely N-dealkylation sites (tertiary alicyclic amines) is 1. The van der Waals surface area contributed by atoms with E-state index in [4.69, 9.17) is 0 Å². The second-order valence-electron chi connectivity index (χ2n) is 6.82. The largest absolute Gasteiger partial charge is 0.378 e. The highest BCUT2D eigenvalue weighted by Gasteiger charge is 2.42. The van der Waals surface area contributed by atoms with Gasteiger partial charge < -0.3 is 15.3 Å². The molecule has 0 bridgehead atoms. The minimum Gasteiger partial charge on any atom is -0.378 e. The van der Waals surface area contributed by atoms with E-state index in [0.717, 1.165) is 19.4 Å². The smallest absolute Gasteiger partial charge is 0.253 e. The summed E-state index contributed by atoms with van der Waals surface area (Å²) in [4.78, 5) is 26.2. The lowest BCUT2D eigenvalue weighted by Crippen LogP contribution is -2.35. The molecule has 2 N–H and O–H groups in total. The molecule has 1 aromatic rings. The number of nitrogens with one attached hydrogen (secondary N) is 1. The molecule has 1 aliphatic carbocycles. The molecule has 1 unspecified atom stereocenters. The summed E-state index contributed by atoms with van der Waals surface area (Å²) in [6.45, 7) is 4.11. The summed E-state index contributed by atoms with van der Waals surface area (Å²) in [5.74, 6) is 0.929. The third-order valence-electron chi connectivity index (χ3n) is 4.95. The fourth-order valence-corrected chi connectivity index (χ4v) is 3.23. The Balaban J connectivity index is 1.44. The van der Waals surface area contributed by atoms with Gasteiger partial charge in [0.1, 0.15) is 0 Å². The average Bonchev–Trinajstić information content (AvgIpc) is 3.12. The standard InChI is InChI=1S/C18H24N2O3/c1-12-9-15(12)18(23)20-8-7-13(11-20)10-19-17(22)16(21)14-5-3-2-4-6-14/h2-6,12-13,15-16,21H,7-11H2,1H3,(H,19,22)/t12-,13-,15-,16?/m1/s1. The first-order valence-electron chi connectivity index (χ1n) is 8.35. The molecule has 0 radical (unpaired) electrons. The third kappa shape index (κ3) is 3.72. The predicted octanol–water partition coefficient (Wildman–Crippen LogP) is 1.34. The van der Waals surface area contributed by atoms with Gasteiger partial charge in [0.2, 0.25) is 5.91 Å². The molecule has 4 atom stereocenters. The van der Waals surface area contributed by atoms with Crippen molar-refractivity contribution in [3.05, 3.63) is 35.9 Å². The number of benzene rings is 1. The van der Waals surface area contributed by atoms with Crippen molar-refractivity contribution in [1.82, 2.24) is 10.2 Å². The number of rotatable bonds is 5. The molecule has 5 nitrogen and oxygen atoms in total. The molecule has 2 aliphatic rings. The predicted molar refractivity (Wildman–Crippen MR) is 86.4 cm³/mol. The van der Waals surface area contributed by atoms with Gasteiger partial charge in [-0.2, -0.15) is 0 Å². The zero-order chi connectivity index (χ0) is 16.4. The first-order valence-corrected chi connectivity index (χ1v) is 8.35. The normalized spacial score (nSPS) is 27.6. The molecular formula is C18H24N2O3. The molecule has 1 aromatic carbocycles. The lowest BCUT2D eigenvalue weighted by atomic mass is 10.1. The second kappa shape index (κ2) is 6.71. The number of hydrogen-bond donors (Lipinski definition) is 2. The molecule has 0 spiro atoms. The number of amides is 2. The quantitative estimate of drug-likeness (QED) is 0.861. The van der Waals surface area contributed by atoms with E-state index < -0.39 is 6.10 Å². The van der Waals surface area contributed by atoms with Gasteiger partial charge in [0, 0.05) is 25.6 Å². The molecule has 23 heavy (non-hydrogen) atoms. The van der Waals surface area contributed by atoms with Crippen molar-refractivity contribution >= 4 is 11.8 Å². The van der Waals surface area contributed by atoms with Crippen LogP contribution in [0.5, 0.6) is 0 Å². The van der Waals surface area contributed by atoms with Crippen molar-refractivity contribution in [2.75, 3.05) is 19.6 Å². The fraction of sp³-hybridized carbons (Fsp3) is 0.556. The molecule has 2 fully saturated rings. The lowest BCUT2D eigenvalue weighted by Gasteiger charge is -2.17. The van der Waals surface area contributed by atoms with Gasteiger partial charge >= 0.3 is 0 Å². The Morgan fingerprint density at radius 1 is 1.35 bits per heavy atom. The number of carbonyl (C=O) groups excluding carboxylic acids is 2. The van der Waals surface area contributed by atoms with E-state index >= 15 is 0 Å². The Morgan fingerprint density at radius 3 is 2.70 bits per heavy atom. The number of aliphatic hydroxyl groups excluding tert-OH is 1. The molecule has 1 aliphatic heterocycles. The van der Waals surface area contributed by atoms with Gasteiger partial charge in [-0.15, -0.1) is 0 Å². The monoisotopic (exact) mass is 316 g/mol. The van der Waals surface area contributed by atoms with E-state index in [9.17, 15) is 14.7 Å². The summed E-state index contributed by atoms with van der Waals surface area (Å²) in [6, 6.07) is 8.91. The molecule has 3 rings (SSSR count).